The Morgan fingerprint density at radius 1 is 1.13 bits per heavy atom. The third-order valence-corrected chi connectivity index (χ3v) is 3.87. The Hall–Kier alpha value is -2.62. The number of carbonyl (C=O) groups excluding carboxylic acids is 1. The molecule has 1 aliphatic rings. The van der Waals surface area contributed by atoms with E-state index in [1.54, 1.807) is 24.3 Å². The van der Waals surface area contributed by atoms with Crippen LogP contribution in [-0.4, -0.2) is 11.6 Å². The van der Waals surface area contributed by atoms with Crippen LogP contribution in [0, 0.1) is 5.92 Å². The van der Waals surface area contributed by atoms with Crippen molar-refractivity contribution in [2.45, 2.75) is 26.4 Å². The summed E-state index contributed by atoms with van der Waals surface area (Å²) in [5.74, 6) is 1.10. The average molecular weight is 308 g/mol. The smallest absolute Gasteiger partial charge is 0.271 e. The van der Waals surface area contributed by atoms with Gasteiger partial charge in [-0.05, 0) is 55.5 Å². The molecule has 0 heterocycles. The molecule has 4 heteroatoms. The molecule has 4 nitrogen and oxygen atoms in total. The summed E-state index contributed by atoms with van der Waals surface area (Å²) in [6, 6.07) is 17.1. The van der Waals surface area contributed by atoms with Gasteiger partial charge < -0.3 is 4.74 Å². The number of hydrogen-bond acceptors (Lipinski definition) is 3. The number of nitrogens with zero attached hydrogens (tertiary/aromatic N) is 1. The summed E-state index contributed by atoms with van der Waals surface area (Å²) in [7, 11) is 0. The molecule has 1 amide bonds. The highest BCUT2D eigenvalue weighted by atomic mass is 16.5. The van der Waals surface area contributed by atoms with Crippen molar-refractivity contribution in [2.24, 2.45) is 11.0 Å². The summed E-state index contributed by atoms with van der Waals surface area (Å²) in [5, 5.41) is 4.15. The Morgan fingerprint density at radius 3 is 2.48 bits per heavy atom. The van der Waals surface area contributed by atoms with Crippen LogP contribution in [0.5, 0.6) is 5.75 Å². The Labute approximate surface area is 136 Å². The monoisotopic (exact) mass is 308 g/mol. The van der Waals surface area contributed by atoms with E-state index in [0.29, 0.717) is 18.1 Å². The van der Waals surface area contributed by atoms with Gasteiger partial charge in [-0.2, -0.15) is 5.10 Å². The van der Waals surface area contributed by atoms with E-state index in [1.165, 1.54) is 12.8 Å². The molecule has 0 aliphatic heterocycles. The van der Waals surface area contributed by atoms with Gasteiger partial charge >= 0.3 is 0 Å². The predicted molar refractivity (Wildman–Crippen MR) is 90.5 cm³/mol. The van der Waals surface area contributed by atoms with Crippen LogP contribution in [0.4, 0.5) is 0 Å². The van der Waals surface area contributed by atoms with E-state index in [0.717, 1.165) is 17.0 Å². The molecule has 1 aliphatic carbocycles. The lowest BCUT2D eigenvalue weighted by Crippen LogP contribution is -2.19. The fourth-order valence-electron chi connectivity index (χ4n) is 2.24. The number of nitrogens with one attached hydrogen (secondary N) is 1. The zero-order valence-electron chi connectivity index (χ0n) is 13.2. The van der Waals surface area contributed by atoms with Gasteiger partial charge in [0.1, 0.15) is 12.4 Å². The first-order valence-corrected chi connectivity index (χ1v) is 7.83. The first-order valence-electron chi connectivity index (χ1n) is 7.83. The molecule has 0 aromatic heterocycles. The third kappa shape index (κ3) is 4.42. The summed E-state index contributed by atoms with van der Waals surface area (Å²) in [5.41, 5.74) is 5.29. The third-order valence-electron chi connectivity index (χ3n) is 3.87. The molecule has 23 heavy (non-hydrogen) atoms. The van der Waals surface area contributed by atoms with E-state index in [-0.39, 0.29) is 5.91 Å². The topological polar surface area (TPSA) is 50.7 Å². The molecule has 2 aromatic rings. The first kappa shape index (κ1) is 15.3. The molecule has 1 N–H and O–H groups in total. The Morgan fingerprint density at radius 2 is 1.83 bits per heavy atom. The first-order chi connectivity index (χ1) is 11.2. The van der Waals surface area contributed by atoms with Gasteiger partial charge in [0.25, 0.3) is 5.91 Å². The Balaban J connectivity index is 1.54. The number of amides is 1. The van der Waals surface area contributed by atoms with Crippen LogP contribution >= 0.6 is 0 Å². The second kappa shape index (κ2) is 7.09. The minimum absolute atomic E-state index is 0.195. The molecule has 2 aromatic carbocycles. The summed E-state index contributed by atoms with van der Waals surface area (Å²) >= 11 is 0. The fraction of sp³-hybridized carbons (Fsp3) is 0.263. The number of ether oxygens (including phenoxy) is 1. The predicted octanol–water partition coefficient (Wildman–Crippen LogP) is 3.78. The molecule has 1 fully saturated rings. The van der Waals surface area contributed by atoms with Crippen molar-refractivity contribution in [3.8, 4) is 5.75 Å². The number of hydrogen-bond donors (Lipinski definition) is 1. The molecular weight excluding hydrogens is 288 g/mol. The fourth-order valence-corrected chi connectivity index (χ4v) is 2.24. The lowest BCUT2D eigenvalue weighted by Gasteiger charge is -2.07. The molecule has 118 valence electrons. The van der Waals surface area contributed by atoms with E-state index < -0.39 is 0 Å². The van der Waals surface area contributed by atoms with Crippen molar-refractivity contribution in [2.75, 3.05) is 0 Å². The van der Waals surface area contributed by atoms with E-state index in [2.05, 4.69) is 10.5 Å². The largest absolute Gasteiger partial charge is 0.489 e. The van der Waals surface area contributed by atoms with Gasteiger partial charge in [-0.25, -0.2) is 5.43 Å². The standard InChI is InChI=1S/C19H20N2O2/c1-14(16-7-8-16)20-21-19(22)17-9-11-18(12-10-17)23-13-15-5-3-2-4-6-15/h2-6,9-12,16H,7-8,13H2,1H3,(H,21,22)/b20-14+. The Kier molecular flexibility index (Phi) is 4.71. The Bertz CT molecular complexity index is 689. The minimum atomic E-state index is -0.195. The van der Waals surface area contributed by atoms with Crippen molar-refractivity contribution in [1.82, 2.24) is 5.43 Å². The van der Waals surface area contributed by atoms with E-state index in [1.807, 2.05) is 37.3 Å². The summed E-state index contributed by atoms with van der Waals surface area (Å²) in [4.78, 5) is 12.0. The molecular formula is C19H20N2O2. The van der Waals surface area contributed by atoms with Gasteiger partial charge in [0.05, 0.1) is 0 Å². The van der Waals surface area contributed by atoms with Gasteiger partial charge in [0.15, 0.2) is 0 Å². The van der Waals surface area contributed by atoms with E-state index in [9.17, 15) is 4.79 Å². The summed E-state index contributed by atoms with van der Waals surface area (Å²) < 4.78 is 5.71. The van der Waals surface area contributed by atoms with E-state index in [4.69, 9.17) is 4.74 Å². The van der Waals surface area contributed by atoms with Gasteiger partial charge in [-0.3, -0.25) is 4.79 Å². The van der Waals surface area contributed by atoms with Crippen molar-refractivity contribution >= 4 is 11.6 Å². The maximum absolute atomic E-state index is 12.0. The molecule has 0 bridgehead atoms. The van der Waals surface area contributed by atoms with Crippen LogP contribution in [0.1, 0.15) is 35.7 Å². The molecule has 3 rings (SSSR count). The molecule has 1 saturated carbocycles. The van der Waals surface area contributed by atoms with Crippen LogP contribution in [0.25, 0.3) is 0 Å². The zero-order chi connectivity index (χ0) is 16.1. The highest BCUT2D eigenvalue weighted by Gasteiger charge is 2.24. The van der Waals surface area contributed by atoms with Gasteiger partial charge in [-0.1, -0.05) is 30.3 Å². The van der Waals surface area contributed by atoms with Crippen LogP contribution in [0.15, 0.2) is 59.7 Å². The SMILES string of the molecule is C/C(=N\NC(=O)c1ccc(OCc2ccccc2)cc1)C1CC1. The van der Waals surface area contributed by atoms with Crippen LogP contribution in [-0.2, 0) is 6.61 Å². The average Bonchev–Trinajstić information content (AvgIpc) is 3.44. The van der Waals surface area contributed by atoms with Gasteiger partial charge in [-0.15, -0.1) is 0 Å². The second-order valence-electron chi connectivity index (χ2n) is 5.77. The number of hydrazone groups is 1. The quantitative estimate of drug-likeness (QED) is 0.652. The molecule has 0 atom stereocenters. The van der Waals surface area contributed by atoms with Crippen molar-refractivity contribution in [3.05, 3.63) is 65.7 Å². The lowest BCUT2D eigenvalue weighted by molar-refractivity contribution is 0.0954. The minimum Gasteiger partial charge on any atom is -0.489 e. The summed E-state index contributed by atoms with van der Waals surface area (Å²) in [6.07, 6.45) is 2.36. The van der Waals surface area contributed by atoms with Crippen LogP contribution in [0.2, 0.25) is 0 Å². The van der Waals surface area contributed by atoms with Crippen LogP contribution < -0.4 is 10.2 Å². The number of rotatable bonds is 6. The maximum atomic E-state index is 12.0. The summed E-state index contributed by atoms with van der Waals surface area (Å²) in [6.45, 7) is 2.47. The number of carbonyl (C=O) groups is 1. The van der Waals surface area contributed by atoms with E-state index >= 15 is 0 Å². The molecule has 0 saturated heterocycles. The second-order valence-corrected chi connectivity index (χ2v) is 5.77. The lowest BCUT2D eigenvalue weighted by atomic mass is 10.2. The van der Waals surface area contributed by atoms with Crippen LogP contribution in [0.3, 0.4) is 0 Å². The highest BCUT2D eigenvalue weighted by molar-refractivity contribution is 5.95. The number of benzene rings is 2. The molecule has 0 radical (unpaired) electrons. The maximum Gasteiger partial charge on any atom is 0.271 e. The zero-order valence-corrected chi connectivity index (χ0v) is 13.2. The van der Waals surface area contributed by atoms with Crippen molar-refractivity contribution < 1.29 is 9.53 Å². The molecule has 0 unspecified atom stereocenters. The highest BCUT2D eigenvalue weighted by Crippen LogP contribution is 2.30. The van der Waals surface area contributed by atoms with Crippen molar-refractivity contribution in [1.29, 1.82) is 0 Å². The van der Waals surface area contributed by atoms with Gasteiger partial charge in [0, 0.05) is 11.3 Å². The van der Waals surface area contributed by atoms with Gasteiger partial charge in [0.2, 0.25) is 0 Å². The molecule has 0 spiro atoms. The van der Waals surface area contributed by atoms with Crippen molar-refractivity contribution in [3.63, 3.8) is 0 Å². The normalized spacial score (nSPS) is 14.4.